The fourth-order valence-corrected chi connectivity index (χ4v) is 16.7. The van der Waals surface area contributed by atoms with Crippen LogP contribution in [0.15, 0.2) is 121 Å². The predicted octanol–water partition coefficient (Wildman–Crippen LogP) is 5.02. The van der Waals surface area contributed by atoms with Crippen LogP contribution >= 0.6 is 0 Å². The van der Waals surface area contributed by atoms with Gasteiger partial charge in [-0.25, -0.2) is 0 Å². The second kappa shape index (κ2) is 11.4. The van der Waals surface area contributed by atoms with Crippen LogP contribution in [0.4, 0.5) is 0 Å². The van der Waals surface area contributed by atoms with Crippen molar-refractivity contribution in [2.75, 3.05) is 0 Å². The molecule has 4 aromatic rings. The maximum absolute atomic E-state index is 2.39. The Kier molecular flexibility index (Phi) is 7.88. The SMILES string of the molecule is c1ccc([As](CC2CCCC2C[As](c2ccccc2)c2ccccc2)c2ccccc2)cc1. The molecule has 2 heteroatoms. The van der Waals surface area contributed by atoms with Gasteiger partial charge in [-0.2, -0.15) is 0 Å². The molecule has 0 nitrogen and oxygen atoms in total. The number of benzene rings is 4. The van der Waals surface area contributed by atoms with Gasteiger partial charge >= 0.3 is 210 Å². The predicted molar refractivity (Wildman–Crippen MR) is 146 cm³/mol. The van der Waals surface area contributed by atoms with E-state index in [1.807, 2.05) is 0 Å². The van der Waals surface area contributed by atoms with E-state index in [0.29, 0.717) is 0 Å². The normalized spacial score (nSPS) is 18.1. The Balaban J connectivity index is 1.40. The van der Waals surface area contributed by atoms with E-state index in [2.05, 4.69) is 121 Å². The second-order valence-corrected chi connectivity index (χ2v) is 18.5. The van der Waals surface area contributed by atoms with Gasteiger partial charge in [-0.1, -0.05) is 0 Å². The summed E-state index contributed by atoms with van der Waals surface area (Å²) in [5.41, 5.74) is 0. The second-order valence-electron chi connectivity index (χ2n) is 9.01. The molecule has 5 rings (SSSR count). The Morgan fingerprint density at radius 2 is 0.697 bits per heavy atom. The first-order chi connectivity index (χ1) is 16.4. The van der Waals surface area contributed by atoms with Gasteiger partial charge in [0.25, 0.3) is 0 Å². The van der Waals surface area contributed by atoms with Crippen molar-refractivity contribution in [3.8, 4) is 0 Å². The van der Waals surface area contributed by atoms with Gasteiger partial charge in [-0.15, -0.1) is 0 Å². The fourth-order valence-electron chi connectivity index (χ4n) is 5.21. The summed E-state index contributed by atoms with van der Waals surface area (Å²) < 4.78 is 6.45. The quantitative estimate of drug-likeness (QED) is 0.269. The molecule has 0 aromatic heterocycles. The van der Waals surface area contributed by atoms with Crippen LogP contribution in [0.25, 0.3) is 0 Å². The Morgan fingerprint density at radius 3 is 0.970 bits per heavy atom. The molecule has 1 aliphatic carbocycles. The molecule has 1 saturated carbocycles. The van der Waals surface area contributed by atoms with Crippen LogP contribution in [-0.2, 0) is 0 Å². The molecular weight excluding hydrogens is 522 g/mol. The summed E-state index contributed by atoms with van der Waals surface area (Å²) in [7, 11) is 0. The number of rotatable bonds is 8. The van der Waals surface area contributed by atoms with Crippen molar-refractivity contribution in [1.82, 2.24) is 0 Å². The molecule has 33 heavy (non-hydrogen) atoms. The molecule has 1 aliphatic rings. The van der Waals surface area contributed by atoms with E-state index >= 15 is 0 Å². The summed E-state index contributed by atoms with van der Waals surface area (Å²) in [5.74, 6) is 1.74. The summed E-state index contributed by atoms with van der Waals surface area (Å²) in [6.45, 7) is 0. The molecule has 0 N–H and O–H groups in total. The maximum atomic E-state index is 2.39. The van der Waals surface area contributed by atoms with E-state index in [1.165, 1.54) is 29.7 Å². The average molecular weight is 554 g/mol. The van der Waals surface area contributed by atoms with E-state index in [9.17, 15) is 0 Å². The average Bonchev–Trinajstić information content (AvgIpc) is 3.34. The molecule has 0 spiro atoms. The molecule has 2 atom stereocenters. The van der Waals surface area contributed by atoms with Gasteiger partial charge in [-0.3, -0.25) is 0 Å². The van der Waals surface area contributed by atoms with Crippen molar-refractivity contribution < 1.29 is 0 Å². The third-order valence-corrected chi connectivity index (χ3v) is 18.2. The van der Waals surface area contributed by atoms with Crippen molar-refractivity contribution >= 4 is 46.7 Å². The van der Waals surface area contributed by atoms with Crippen molar-refractivity contribution in [2.45, 2.75) is 29.7 Å². The first-order valence-corrected chi connectivity index (χ1v) is 18.5. The molecule has 0 amide bonds. The molecule has 0 radical (unpaired) electrons. The van der Waals surface area contributed by atoms with Crippen molar-refractivity contribution in [3.05, 3.63) is 121 Å². The Labute approximate surface area is 208 Å². The summed E-state index contributed by atoms with van der Waals surface area (Å²) in [6, 6.07) is 45.7. The number of hydrogen-bond acceptors (Lipinski definition) is 0. The molecular formula is C31H32As2. The van der Waals surface area contributed by atoms with Gasteiger partial charge in [0.2, 0.25) is 0 Å². The molecule has 0 saturated heterocycles. The minimum absolute atomic E-state index is 0.870. The molecule has 166 valence electrons. The first kappa shape index (κ1) is 22.8. The number of hydrogen-bond donors (Lipinski definition) is 0. The minimum atomic E-state index is -1.30. The van der Waals surface area contributed by atoms with Gasteiger partial charge in [0.05, 0.1) is 0 Å². The third kappa shape index (κ3) is 5.74. The molecule has 2 unspecified atom stereocenters. The van der Waals surface area contributed by atoms with Crippen LogP contribution in [0.1, 0.15) is 19.3 Å². The zero-order valence-electron chi connectivity index (χ0n) is 19.1. The van der Waals surface area contributed by atoms with Crippen LogP contribution in [0.5, 0.6) is 0 Å². The Hall–Kier alpha value is -2.00. The topological polar surface area (TPSA) is 0 Å². The zero-order chi connectivity index (χ0) is 22.3. The van der Waals surface area contributed by atoms with Crippen LogP contribution in [0.2, 0.25) is 10.4 Å². The van der Waals surface area contributed by atoms with Gasteiger partial charge in [0.1, 0.15) is 0 Å². The van der Waals surface area contributed by atoms with Crippen LogP contribution in [0, 0.1) is 11.8 Å². The van der Waals surface area contributed by atoms with E-state index < -0.39 is 29.3 Å². The van der Waals surface area contributed by atoms with E-state index in [4.69, 9.17) is 0 Å². The monoisotopic (exact) mass is 554 g/mol. The summed E-state index contributed by atoms with van der Waals surface area (Å²) in [6.07, 6.45) is 4.25. The summed E-state index contributed by atoms with van der Waals surface area (Å²) >= 11 is -2.61. The third-order valence-electron chi connectivity index (χ3n) is 6.92. The van der Waals surface area contributed by atoms with Crippen molar-refractivity contribution in [1.29, 1.82) is 0 Å². The van der Waals surface area contributed by atoms with E-state index in [0.717, 1.165) is 11.8 Å². The Bertz CT molecular complexity index is 927. The summed E-state index contributed by atoms with van der Waals surface area (Å²) in [4.78, 5) is 0. The van der Waals surface area contributed by atoms with Crippen molar-refractivity contribution in [3.63, 3.8) is 0 Å². The summed E-state index contributed by atoms with van der Waals surface area (Å²) in [5, 5.41) is 2.83. The first-order valence-electron chi connectivity index (χ1n) is 12.1. The van der Waals surface area contributed by atoms with E-state index in [1.54, 1.807) is 17.4 Å². The van der Waals surface area contributed by atoms with Crippen LogP contribution in [0.3, 0.4) is 0 Å². The van der Waals surface area contributed by atoms with Gasteiger partial charge in [0, 0.05) is 0 Å². The van der Waals surface area contributed by atoms with Gasteiger partial charge < -0.3 is 0 Å². The van der Waals surface area contributed by atoms with Crippen LogP contribution < -0.4 is 17.4 Å². The molecule has 0 heterocycles. The van der Waals surface area contributed by atoms with E-state index in [-0.39, 0.29) is 0 Å². The molecule has 0 bridgehead atoms. The molecule has 4 aromatic carbocycles. The Morgan fingerprint density at radius 1 is 0.424 bits per heavy atom. The van der Waals surface area contributed by atoms with Crippen molar-refractivity contribution in [2.24, 2.45) is 11.8 Å². The molecule has 1 fully saturated rings. The van der Waals surface area contributed by atoms with Gasteiger partial charge in [-0.05, 0) is 0 Å². The van der Waals surface area contributed by atoms with Gasteiger partial charge in [0.15, 0.2) is 0 Å². The molecule has 0 aliphatic heterocycles. The fraction of sp³-hybridized carbons (Fsp3) is 0.226. The van der Waals surface area contributed by atoms with Crippen LogP contribution in [-0.4, -0.2) is 29.3 Å². The standard InChI is InChI=1S/C31H32As2/c1-5-16-28(17-6-1)32(29-18-7-2-8-19-29)24-26-14-13-15-27(26)25-33(30-20-9-3-10-21-30)31-22-11-4-12-23-31/h1-12,16-23,26-27H,13-15,24-25H2. The zero-order valence-corrected chi connectivity index (χ0v) is 22.9.